The number of hydrogen-bond acceptors (Lipinski definition) is 0. The summed E-state index contributed by atoms with van der Waals surface area (Å²) in [4.78, 5) is 3.14. The third-order valence-electron chi connectivity index (χ3n) is 1.43. The maximum Gasteiger partial charge on any atom is 0.0383 e. The van der Waals surface area contributed by atoms with Crippen LogP contribution < -0.4 is 0 Å². The molecule has 0 unspecified atom stereocenters. The molecule has 1 aromatic heterocycles. The molecule has 1 nitrogen and oxygen atoms in total. The first-order valence-electron chi connectivity index (χ1n) is 3.77. The third-order valence-corrected chi connectivity index (χ3v) is 1.43. The summed E-state index contributed by atoms with van der Waals surface area (Å²) in [6, 6.07) is 2.11. The zero-order valence-electron chi connectivity index (χ0n) is 6.96. The van der Waals surface area contributed by atoms with Crippen LogP contribution in [0.2, 0.25) is 0 Å². The smallest absolute Gasteiger partial charge is 0.0383 e. The van der Waals surface area contributed by atoms with Crippen molar-refractivity contribution in [1.82, 2.24) is 4.98 Å². The van der Waals surface area contributed by atoms with Crippen LogP contribution in [0.3, 0.4) is 0 Å². The summed E-state index contributed by atoms with van der Waals surface area (Å²) in [7, 11) is 0. The first kappa shape index (κ1) is 7.86. The predicted molar refractivity (Wildman–Crippen MR) is 49.4 cm³/mol. The van der Waals surface area contributed by atoms with E-state index in [2.05, 4.69) is 18.0 Å². The lowest BCUT2D eigenvalue weighted by Crippen LogP contribution is -1.64. The van der Waals surface area contributed by atoms with Crippen molar-refractivity contribution in [2.45, 2.75) is 13.8 Å². The second-order valence-corrected chi connectivity index (χ2v) is 2.52. The Labute approximate surface area is 67.5 Å². The van der Waals surface area contributed by atoms with Crippen molar-refractivity contribution in [2.75, 3.05) is 0 Å². The van der Waals surface area contributed by atoms with Crippen LogP contribution in [0.15, 0.2) is 30.5 Å². The Kier molecular flexibility index (Phi) is 2.73. The Bertz CT molecular complexity index is 266. The Balaban J connectivity index is 2.64. The molecular weight excluding hydrogens is 134 g/mol. The van der Waals surface area contributed by atoms with Crippen LogP contribution in [0.1, 0.15) is 18.2 Å². The van der Waals surface area contributed by atoms with Gasteiger partial charge in [0.25, 0.3) is 0 Å². The minimum Gasteiger partial charge on any atom is -0.361 e. The van der Waals surface area contributed by atoms with Gasteiger partial charge in [-0.15, -0.1) is 0 Å². The van der Waals surface area contributed by atoms with E-state index in [9.17, 15) is 0 Å². The fourth-order valence-electron chi connectivity index (χ4n) is 0.892. The lowest BCUT2D eigenvalue weighted by atomic mass is 10.3. The number of aromatic amines is 1. The minimum atomic E-state index is 1.15. The fourth-order valence-corrected chi connectivity index (χ4v) is 0.892. The molecule has 0 amide bonds. The van der Waals surface area contributed by atoms with E-state index in [1.807, 2.05) is 37.4 Å². The molecule has 0 aliphatic heterocycles. The summed E-state index contributed by atoms with van der Waals surface area (Å²) in [6.07, 6.45) is 10.1. The molecule has 1 N–H and O–H groups in total. The van der Waals surface area contributed by atoms with Gasteiger partial charge >= 0.3 is 0 Å². The molecular formula is C10H13N. The van der Waals surface area contributed by atoms with Crippen LogP contribution >= 0.6 is 0 Å². The molecule has 0 aromatic carbocycles. The quantitative estimate of drug-likeness (QED) is 0.619. The van der Waals surface area contributed by atoms with Crippen molar-refractivity contribution in [3.05, 3.63) is 41.7 Å². The molecule has 0 bridgehead atoms. The number of rotatable bonds is 2. The highest BCUT2D eigenvalue weighted by Crippen LogP contribution is 2.02. The molecule has 58 valence electrons. The number of aryl methyl sites for hydroxylation is 1. The summed E-state index contributed by atoms with van der Waals surface area (Å²) >= 11 is 0. The van der Waals surface area contributed by atoms with E-state index in [4.69, 9.17) is 0 Å². The van der Waals surface area contributed by atoms with Gasteiger partial charge in [-0.25, -0.2) is 0 Å². The molecule has 0 radical (unpaired) electrons. The molecule has 0 fully saturated rings. The Morgan fingerprint density at radius 2 is 2.18 bits per heavy atom. The van der Waals surface area contributed by atoms with Gasteiger partial charge in [0.1, 0.15) is 0 Å². The summed E-state index contributed by atoms with van der Waals surface area (Å²) in [6.45, 7) is 4.08. The first-order chi connectivity index (χ1) is 5.33. The summed E-state index contributed by atoms with van der Waals surface area (Å²) in [5.41, 5.74) is 2.42. The van der Waals surface area contributed by atoms with Crippen molar-refractivity contribution in [2.24, 2.45) is 0 Å². The van der Waals surface area contributed by atoms with Gasteiger partial charge < -0.3 is 4.98 Å². The van der Waals surface area contributed by atoms with Crippen LogP contribution in [0, 0.1) is 6.92 Å². The van der Waals surface area contributed by atoms with E-state index < -0.39 is 0 Å². The Hall–Kier alpha value is -1.24. The van der Waals surface area contributed by atoms with Gasteiger partial charge in [-0.1, -0.05) is 18.2 Å². The molecule has 0 saturated carbocycles. The van der Waals surface area contributed by atoms with E-state index in [0.29, 0.717) is 0 Å². The van der Waals surface area contributed by atoms with Gasteiger partial charge in [0, 0.05) is 11.9 Å². The van der Waals surface area contributed by atoms with Crippen molar-refractivity contribution in [1.29, 1.82) is 0 Å². The summed E-state index contributed by atoms with van der Waals surface area (Å²) in [5.74, 6) is 0. The van der Waals surface area contributed by atoms with Gasteiger partial charge in [0.15, 0.2) is 0 Å². The monoisotopic (exact) mass is 147 g/mol. The highest BCUT2D eigenvalue weighted by atomic mass is 14.7. The molecule has 1 rings (SSSR count). The number of aromatic nitrogens is 1. The van der Waals surface area contributed by atoms with E-state index in [0.717, 1.165) is 5.69 Å². The van der Waals surface area contributed by atoms with Crippen LogP contribution in [-0.2, 0) is 0 Å². The Morgan fingerprint density at radius 3 is 2.73 bits per heavy atom. The van der Waals surface area contributed by atoms with Crippen LogP contribution in [0.4, 0.5) is 0 Å². The second kappa shape index (κ2) is 3.81. The topological polar surface area (TPSA) is 15.8 Å². The van der Waals surface area contributed by atoms with Crippen molar-refractivity contribution >= 4 is 6.08 Å². The SMILES string of the molecule is C/C=C\C=C/c1cc(C)c[nH]1. The maximum atomic E-state index is 3.14. The van der Waals surface area contributed by atoms with Gasteiger partial charge in [-0.3, -0.25) is 0 Å². The number of nitrogens with one attached hydrogen (secondary N) is 1. The van der Waals surface area contributed by atoms with E-state index in [-0.39, 0.29) is 0 Å². The lowest BCUT2D eigenvalue weighted by molar-refractivity contribution is 1.36. The normalized spacial score (nSPS) is 11.8. The molecule has 1 heterocycles. The van der Waals surface area contributed by atoms with Crippen molar-refractivity contribution < 1.29 is 0 Å². The average molecular weight is 147 g/mol. The predicted octanol–water partition coefficient (Wildman–Crippen LogP) is 2.91. The molecule has 1 aromatic rings. The molecule has 1 heteroatoms. The fraction of sp³-hybridized carbons (Fsp3) is 0.200. The second-order valence-electron chi connectivity index (χ2n) is 2.52. The average Bonchev–Trinajstić information content (AvgIpc) is 2.37. The first-order valence-corrected chi connectivity index (χ1v) is 3.77. The van der Waals surface area contributed by atoms with Crippen molar-refractivity contribution in [3.8, 4) is 0 Å². The van der Waals surface area contributed by atoms with E-state index in [1.165, 1.54) is 5.56 Å². The van der Waals surface area contributed by atoms with Crippen LogP contribution in [0.5, 0.6) is 0 Å². The summed E-state index contributed by atoms with van der Waals surface area (Å²) < 4.78 is 0. The molecule has 0 saturated heterocycles. The molecule has 11 heavy (non-hydrogen) atoms. The highest BCUT2D eigenvalue weighted by Gasteiger charge is 1.86. The minimum absolute atomic E-state index is 1.15. The van der Waals surface area contributed by atoms with Gasteiger partial charge in [-0.05, 0) is 31.6 Å². The van der Waals surface area contributed by atoms with Crippen molar-refractivity contribution in [3.63, 3.8) is 0 Å². The Morgan fingerprint density at radius 1 is 1.36 bits per heavy atom. The van der Waals surface area contributed by atoms with E-state index in [1.54, 1.807) is 0 Å². The molecule has 0 spiro atoms. The highest BCUT2D eigenvalue weighted by molar-refractivity contribution is 5.48. The standard InChI is InChI=1S/C10H13N/c1-3-4-5-6-10-7-9(2)8-11-10/h3-8,11H,1-2H3/b4-3-,6-5-. The van der Waals surface area contributed by atoms with E-state index >= 15 is 0 Å². The largest absolute Gasteiger partial charge is 0.361 e. The zero-order chi connectivity index (χ0) is 8.10. The zero-order valence-corrected chi connectivity index (χ0v) is 6.96. The maximum absolute atomic E-state index is 3.14. The van der Waals surface area contributed by atoms with Gasteiger partial charge in [-0.2, -0.15) is 0 Å². The number of allylic oxidation sites excluding steroid dienone is 3. The molecule has 0 aliphatic rings. The number of hydrogen-bond donors (Lipinski definition) is 1. The van der Waals surface area contributed by atoms with Gasteiger partial charge in [0.2, 0.25) is 0 Å². The lowest BCUT2D eigenvalue weighted by Gasteiger charge is -1.80. The molecule has 0 atom stereocenters. The summed E-state index contributed by atoms with van der Waals surface area (Å²) in [5, 5.41) is 0. The molecule has 0 aliphatic carbocycles. The third kappa shape index (κ3) is 2.46. The van der Waals surface area contributed by atoms with Crippen LogP contribution in [0.25, 0.3) is 6.08 Å². The van der Waals surface area contributed by atoms with Crippen LogP contribution in [-0.4, -0.2) is 4.98 Å². The number of H-pyrrole nitrogens is 1. The van der Waals surface area contributed by atoms with Gasteiger partial charge in [0.05, 0.1) is 0 Å².